The summed E-state index contributed by atoms with van der Waals surface area (Å²) >= 11 is 0. The number of hydrogen-bond acceptors (Lipinski definition) is 4. The van der Waals surface area contributed by atoms with E-state index in [0.29, 0.717) is 24.6 Å². The van der Waals surface area contributed by atoms with Crippen LogP contribution in [0.1, 0.15) is 51.7 Å². The summed E-state index contributed by atoms with van der Waals surface area (Å²) in [4.78, 5) is 2.66. The zero-order valence-corrected chi connectivity index (χ0v) is 20.1. The maximum absolute atomic E-state index is 13.0. The minimum Gasteiger partial charge on any atom is -0.494 e. The van der Waals surface area contributed by atoms with Crippen molar-refractivity contribution in [2.75, 3.05) is 32.8 Å². The Morgan fingerprint density at radius 3 is 2.06 bits per heavy atom. The van der Waals surface area contributed by atoms with Gasteiger partial charge in [-0.1, -0.05) is 58.4 Å². The molecule has 0 N–H and O–H groups in total. The second-order valence-corrected chi connectivity index (χ2v) is 11.2. The Morgan fingerprint density at radius 1 is 0.903 bits per heavy atom. The van der Waals surface area contributed by atoms with Crippen molar-refractivity contribution in [3.8, 4) is 5.75 Å². The number of ether oxygens (including phenoxy) is 1. The molecule has 0 aromatic heterocycles. The maximum atomic E-state index is 13.0. The van der Waals surface area contributed by atoms with E-state index in [4.69, 9.17) is 4.74 Å². The molecular formula is C25H36N2O3S. The third-order valence-electron chi connectivity index (χ3n) is 5.79. The zero-order chi connectivity index (χ0) is 22.5. The Hall–Kier alpha value is -1.89. The van der Waals surface area contributed by atoms with Crippen molar-refractivity contribution in [1.29, 1.82) is 0 Å². The first-order chi connectivity index (χ1) is 14.7. The van der Waals surface area contributed by atoms with Crippen molar-refractivity contribution in [3.63, 3.8) is 0 Å². The third-order valence-corrected chi connectivity index (χ3v) is 7.70. The van der Waals surface area contributed by atoms with Crippen LogP contribution in [0.4, 0.5) is 0 Å². The molecule has 2 aromatic rings. The van der Waals surface area contributed by atoms with E-state index >= 15 is 0 Å². The number of rotatable bonds is 8. The summed E-state index contributed by atoms with van der Waals surface area (Å²) in [5, 5.41) is 0. The van der Waals surface area contributed by atoms with Gasteiger partial charge in [0, 0.05) is 32.7 Å². The van der Waals surface area contributed by atoms with Crippen LogP contribution >= 0.6 is 0 Å². The number of sulfonamides is 1. The Bertz CT molecular complexity index is 924. The van der Waals surface area contributed by atoms with E-state index in [1.165, 1.54) is 11.1 Å². The molecule has 6 heteroatoms. The number of piperazine rings is 1. The molecule has 1 fully saturated rings. The summed E-state index contributed by atoms with van der Waals surface area (Å²) in [6.07, 6.45) is 2.06. The van der Waals surface area contributed by atoms with E-state index in [9.17, 15) is 8.42 Å². The number of unbranched alkanes of at least 4 members (excludes halogenated alkanes) is 1. The molecule has 170 valence electrons. The van der Waals surface area contributed by atoms with Crippen LogP contribution in [0.3, 0.4) is 0 Å². The molecule has 0 radical (unpaired) electrons. The van der Waals surface area contributed by atoms with Gasteiger partial charge >= 0.3 is 0 Å². The number of benzene rings is 2. The van der Waals surface area contributed by atoms with Crippen molar-refractivity contribution in [3.05, 3.63) is 59.7 Å². The van der Waals surface area contributed by atoms with E-state index in [1.807, 2.05) is 0 Å². The SMILES string of the molecule is CCCCOc1ccc(S(=O)(=O)N2CCN(Cc3ccc(C(C)(C)C)cc3)CC2)cc1. The molecule has 0 saturated carbocycles. The summed E-state index contributed by atoms with van der Waals surface area (Å²) < 4.78 is 33.3. The highest BCUT2D eigenvalue weighted by Crippen LogP contribution is 2.24. The highest BCUT2D eigenvalue weighted by Gasteiger charge is 2.28. The minimum atomic E-state index is -3.47. The quantitative estimate of drug-likeness (QED) is 0.555. The van der Waals surface area contributed by atoms with E-state index in [0.717, 1.165) is 38.2 Å². The Labute approximate surface area is 188 Å². The summed E-state index contributed by atoms with van der Waals surface area (Å²) in [6.45, 7) is 12.8. The van der Waals surface area contributed by atoms with Crippen LogP contribution in [-0.4, -0.2) is 50.4 Å². The maximum Gasteiger partial charge on any atom is 0.243 e. The van der Waals surface area contributed by atoms with Gasteiger partial charge < -0.3 is 4.74 Å². The van der Waals surface area contributed by atoms with Gasteiger partial charge in [0.1, 0.15) is 5.75 Å². The fourth-order valence-electron chi connectivity index (χ4n) is 3.69. The summed E-state index contributed by atoms with van der Waals surface area (Å²) in [5.74, 6) is 0.717. The smallest absolute Gasteiger partial charge is 0.243 e. The van der Waals surface area contributed by atoms with Gasteiger partial charge in [-0.2, -0.15) is 4.31 Å². The van der Waals surface area contributed by atoms with Crippen LogP contribution < -0.4 is 4.74 Å². The first-order valence-electron chi connectivity index (χ1n) is 11.2. The molecule has 0 bridgehead atoms. The second-order valence-electron chi connectivity index (χ2n) is 9.30. The molecule has 0 amide bonds. The number of hydrogen-bond donors (Lipinski definition) is 0. The average molecular weight is 445 g/mol. The van der Waals surface area contributed by atoms with Gasteiger partial charge in [-0.15, -0.1) is 0 Å². The summed E-state index contributed by atoms with van der Waals surface area (Å²) in [6, 6.07) is 15.6. The first-order valence-corrected chi connectivity index (χ1v) is 12.7. The molecule has 1 aliphatic rings. The normalized spacial score (nSPS) is 16.4. The monoisotopic (exact) mass is 444 g/mol. The van der Waals surface area contributed by atoms with Gasteiger partial charge in [-0.3, -0.25) is 4.90 Å². The highest BCUT2D eigenvalue weighted by atomic mass is 32.2. The lowest BCUT2D eigenvalue weighted by molar-refractivity contribution is 0.181. The van der Waals surface area contributed by atoms with Crippen LogP contribution in [0.15, 0.2) is 53.4 Å². The first kappa shape index (κ1) is 23.8. The minimum absolute atomic E-state index is 0.151. The molecule has 3 rings (SSSR count). The van der Waals surface area contributed by atoms with Crippen LogP contribution in [0, 0.1) is 0 Å². The third kappa shape index (κ3) is 6.31. The van der Waals surface area contributed by atoms with Gasteiger partial charge in [-0.05, 0) is 47.2 Å². The number of nitrogens with zero attached hydrogens (tertiary/aromatic N) is 2. The predicted molar refractivity (Wildman–Crippen MR) is 126 cm³/mol. The topological polar surface area (TPSA) is 49.9 Å². The molecule has 1 aliphatic heterocycles. The van der Waals surface area contributed by atoms with Gasteiger partial charge in [0.15, 0.2) is 0 Å². The fourth-order valence-corrected chi connectivity index (χ4v) is 5.11. The molecule has 0 spiro atoms. The van der Waals surface area contributed by atoms with E-state index in [2.05, 4.69) is 56.9 Å². The fraction of sp³-hybridized carbons (Fsp3) is 0.520. The standard InChI is InChI=1S/C25H36N2O3S/c1-5-6-19-30-23-11-13-24(14-12-23)31(28,29)27-17-15-26(16-18-27)20-21-7-9-22(10-8-21)25(2,3)4/h7-14H,5-6,15-20H2,1-4H3. The predicted octanol–water partition coefficient (Wildman–Crippen LogP) is 4.67. The van der Waals surface area contributed by atoms with Crippen molar-refractivity contribution < 1.29 is 13.2 Å². The van der Waals surface area contributed by atoms with Gasteiger partial charge in [0.05, 0.1) is 11.5 Å². The second kappa shape index (κ2) is 10.2. The largest absolute Gasteiger partial charge is 0.494 e. The molecule has 1 heterocycles. The van der Waals surface area contributed by atoms with Crippen LogP contribution in [-0.2, 0) is 22.0 Å². The Kier molecular flexibility index (Phi) is 7.78. The van der Waals surface area contributed by atoms with Crippen molar-refractivity contribution >= 4 is 10.0 Å². The van der Waals surface area contributed by atoms with E-state index in [1.54, 1.807) is 28.6 Å². The molecular weight excluding hydrogens is 408 g/mol. The molecule has 0 atom stereocenters. The lowest BCUT2D eigenvalue weighted by atomic mass is 9.87. The summed E-state index contributed by atoms with van der Waals surface area (Å²) in [5.41, 5.74) is 2.75. The molecule has 0 unspecified atom stereocenters. The lowest BCUT2D eigenvalue weighted by Crippen LogP contribution is -2.48. The highest BCUT2D eigenvalue weighted by molar-refractivity contribution is 7.89. The zero-order valence-electron chi connectivity index (χ0n) is 19.3. The van der Waals surface area contributed by atoms with Gasteiger partial charge in [-0.25, -0.2) is 8.42 Å². The molecule has 1 saturated heterocycles. The Morgan fingerprint density at radius 2 is 1.52 bits per heavy atom. The Balaban J connectivity index is 1.54. The van der Waals surface area contributed by atoms with Crippen molar-refractivity contribution in [2.24, 2.45) is 0 Å². The van der Waals surface area contributed by atoms with Gasteiger partial charge in [0.25, 0.3) is 0 Å². The van der Waals surface area contributed by atoms with Crippen LogP contribution in [0.5, 0.6) is 5.75 Å². The lowest BCUT2D eigenvalue weighted by Gasteiger charge is -2.34. The van der Waals surface area contributed by atoms with Crippen LogP contribution in [0.2, 0.25) is 0 Å². The van der Waals surface area contributed by atoms with Gasteiger partial charge in [0.2, 0.25) is 10.0 Å². The van der Waals surface area contributed by atoms with Crippen LogP contribution in [0.25, 0.3) is 0 Å². The molecule has 2 aromatic carbocycles. The van der Waals surface area contributed by atoms with Crippen molar-refractivity contribution in [2.45, 2.75) is 57.4 Å². The molecule has 0 aliphatic carbocycles. The molecule has 5 nitrogen and oxygen atoms in total. The average Bonchev–Trinajstić information content (AvgIpc) is 2.74. The van der Waals surface area contributed by atoms with Crippen molar-refractivity contribution in [1.82, 2.24) is 9.21 Å². The van der Waals surface area contributed by atoms with E-state index in [-0.39, 0.29) is 5.41 Å². The summed E-state index contributed by atoms with van der Waals surface area (Å²) in [7, 11) is -3.47. The molecule has 31 heavy (non-hydrogen) atoms. The van der Waals surface area contributed by atoms with E-state index < -0.39 is 10.0 Å².